The maximum atomic E-state index is 11.8. The second-order valence-electron chi connectivity index (χ2n) is 4.38. The largest absolute Gasteiger partial charge is 0.391 e. The number of aromatic amines is 1. The topological polar surface area (TPSA) is 70.9 Å². The van der Waals surface area contributed by atoms with E-state index in [0.717, 1.165) is 16.8 Å². The van der Waals surface area contributed by atoms with Gasteiger partial charge in [0.05, 0.1) is 18.0 Å². The fraction of sp³-hybridized carbons (Fsp3) is 0.143. The zero-order chi connectivity index (χ0) is 13.4. The number of aliphatic hydroxyl groups is 1. The van der Waals surface area contributed by atoms with Crippen molar-refractivity contribution in [1.82, 2.24) is 14.8 Å². The molecule has 0 unspecified atom stereocenters. The minimum absolute atomic E-state index is 0.277. The summed E-state index contributed by atoms with van der Waals surface area (Å²) >= 11 is 0. The molecule has 0 amide bonds. The summed E-state index contributed by atoms with van der Waals surface area (Å²) in [6.45, 7) is 1.60. The van der Waals surface area contributed by atoms with Gasteiger partial charge >= 0.3 is 0 Å². The number of H-pyrrole nitrogens is 1. The Hall–Kier alpha value is -2.40. The van der Waals surface area contributed by atoms with E-state index < -0.39 is 0 Å². The molecule has 0 fully saturated rings. The maximum Gasteiger partial charge on any atom is 0.255 e. The number of fused-ring (bicyclic) bond motifs is 1. The number of aliphatic hydroxyl groups excluding tert-OH is 1. The van der Waals surface area contributed by atoms with Crippen molar-refractivity contribution in [3.63, 3.8) is 0 Å². The highest BCUT2D eigenvalue weighted by molar-refractivity contribution is 5.80. The molecule has 0 saturated carbocycles. The van der Waals surface area contributed by atoms with Crippen LogP contribution in [0.2, 0.25) is 0 Å². The second kappa shape index (κ2) is 4.37. The van der Waals surface area contributed by atoms with Crippen LogP contribution in [0.5, 0.6) is 0 Å². The molecular weight excluding hydrogens is 242 g/mol. The van der Waals surface area contributed by atoms with E-state index in [1.807, 2.05) is 37.3 Å². The molecule has 5 heteroatoms. The number of hydrogen-bond acceptors (Lipinski definition) is 3. The quantitative estimate of drug-likeness (QED) is 0.729. The molecule has 1 aromatic carbocycles. The Labute approximate surface area is 109 Å². The molecule has 0 radical (unpaired) electrons. The summed E-state index contributed by atoms with van der Waals surface area (Å²) < 4.78 is 1.70. The molecule has 0 aliphatic carbocycles. The lowest BCUT2D eigenvalue weighted by molar-refractivity contribution is 0.280. The molecule has 2 heterocycles. The van der Waals surface area contributed by atoms with Gasteiger partial charge in [0.15, 0.2) is 0 Å². The number of pyridine rings is 1. The summed E-state index contributed by atoms with van der Waals surface area (Å²) in [5, 5.41) is 14.4. The van der Waals surface area contributed by atoms with Crippen LogP contribution >= 0.6 is 0 Å². The molecule has 0 aliphatic heterocycles. The lowest BCUT2D eigenvalue weighted by atomic mass is 10.2. The monoisotopic (exact) mass is 255 g/mol. The Morgan fingerprint density at radius 3 is 2.74 bits per heavy atom. The smallest absolute Gasteiger partial charge is 0.255 e. The average Bonchev–Trinajstić information content (AvgIpc) is 2.75. The van der Waals surface area contributed by atoms with Crippen molar-refractivity contribution in [2.75, 3.05) is 0 Å². The summed E-state index contributed by atoms with van der Waals surface area (Å²) in [7, 11) is 0. The van der Waals surface area contributed by atoms with Gasteiger partial charge in [0, 0.05) is 10.9 Å². The molecule has 2 aromatic heterocycles. The molecule has 0 bridgehead atoms. The molecule has 3 rings (SSSR count). The predicted molar refractivity (Wildman–Crippen MR) is 72.4 cm³/mol. The molecule has 3 aromatic rings. The van der Waals surface area contributed by atoms with Crippen LogP contribution in [-0.2, 0) is 6.61 Å². The van der Waals surface area contributed by atoms with Crippen LogP contribution in [0.3, 0.4) is 0 Å². The van der Waals surface area contributed by atoms with E-state index in [-0.39, 0.29) is 12.2 Å². The highest BCUT2D eigenvalue weighted by atomic mass is 16.3. The van der Waals surface area contributed by atoms with Crippen molar-refractivity contribution in [2.24, 2.45) is 0 Å². The maximum absolute atomic E-state index is 11.8. The van der Waals surface area contributed by atoms with E-state index in [2.05, 4.69) is 10.1 Å². The van der Waals surface area contributed by atoms with Crippen LogP contribution in [0.4, 0.5) is 0 Å². The Morgan fingerprint density at radius 1 is 1.32 bits per heavy atom. The number of nitrogens with one attached hydrogen (secondary N) is 1. The first-order valence-electron chi connectivity index (χ1n) is 5.98. The van der Waals surface area contributed by atoms with Gasteiger partial charge in [0.1, 0.15) is 5.65 Å². The minimum Gasteiger partial charge on any atom is -0.391 e. The van der Waals surface area contributed by atoms with Crippen LogP contribution in [0, 0.1) is 6.92 Å². The summed E-state index contributed by atoms with van der Waals surface area (Å²) in [4.78, 5) is 14.6. The first-order chi connectivity index (χ1) is 9.20. The number of para-hydroxylation sites is 1. The lowest BCUT2D eigenvalue weighted by Crippen LogP contribution is -2.13. The van der Waals surface area contributed by atoms with E-state index in [4.69, 9.17) is 5.11 Å². The van der Waals surface area contributed by atoms with Gasteiger partial charge in [-0.2, -0.15) is 5.10 Å². The van der Waals surface area contributed by atoms with Gasteiger partial charge in [-0.05, 0) is 25.1 Å². The molecule has 19 heavy (non-hydrogen) atoms. The predicted octanol–water partition coefficient (Wildman–Crippen LogP) is 1.51. The first kappa shape index (κ1) is 11.7. The SMILES string of the molecule is Cc1nn(-c2ccccc2)c2[nH]c(=O)c(CO)cc12. The van der Waals surface area contributed by atoms with E-state index in [0.29, 0.717) is 11.2 Å². The van der Waals surface area contributed by atoms with Gasteiger partial charge in [-0.3, -0.25) is 4.79 Å². The Morgan fingerprint density at radius 2 is 2.05 bits per heavy atom. The third-order valence-corrected chi connectivity index (χ3v) is 3.12. The summed E-state index contributed by atoms with van der Waals surface area (Å²) in [5.74, 6) is 0. The van der Waals surface area contributed by atoms with E-state index >= 15 is 0 Å². The number of aromatic nitrogens is 3. The van der Waals surface area contributed by atoms with Crippen molar-refractivity contribution >= 4 is 11.0 Å². The van der Waals surface area contributed by atoms with Crippen molar-refractivity contribution in [2.45, 2.75) is 13.5 Å². The fourth-order valence-electron chi connectivity index (χ4n) is 2.13. The number of aryl methyl sites for hydroxylation is 1. The van der Waals surface area contributed by atoms with Crippen LogP contribution in [0.1, 0.15) is 11.3 Å². The lowest BCUT2D eigenvalue weighted by Gasteiger charge is -2.03. The van der Waals surface area contributed by atoms with E-state index in [1.54, 1.807) is 10.7 Å². The molecule has 96 valence electrons. The van der Waals surface area contributed by atoms with Crippen LogP contribution in [0.25, 0.3) is 16.7 Å². The van der Waals surface area contributed by atoms with Crippen molar-refractivity contribution in [3.8, 4) is 5.69 Å². The van der Waals surface area contributed by atoms with Crippen molar-refractivity contribution in [3.05, 3.63) is 58.0 Å². The zero-order valence-corrected chi connectivity index (χ0v) is 10.4. The molecule has 2 N–H and O–H groups in total. The van der Waals surface area contributed by atoms with Crippen LogP contribution < -0.4 is 5.56 Å². The van der Waals surface area contributed by atoms with Gasteiger partial charge in [0.25, 0.3) is 5.56 Å². The highest BCUT2D eigenvalue weighted by Gasteiger charge is 2.12. The van der Waals surface area contributed by atoms with E-state index in [9.17, 15) is 4.79 Å². The number of hydrogen-bond donors (Lipinski definition) is 2. The van der Waals surface area contributed by atoms with Gasteiger partial charge in [-0.15, -0.1) is 0 Å². The summed E-state index contributed by atoms with van der Waals surface area (Å²) in [5.41, 5.74) is 2.40. The summed E-state index contributed by atoms with van der Waals surface area (Å²) in [6, 6.07) is 11.3. The average molecular weight is 255 g/mol. The van der Waals surface area contributed by atoms with Gasteiger partial charge in [0.2, 0.25) is 0 Å². The van der Waals surface area contributed by atoms with Gasteiger partial charge < -0.3 is 10.1 Å². The van der Waals surface area contributed by atoms with E-state index in [1.165, 1.54) is 0 Å². The molecule has 0 aliphatic rings. The van der Waals surface area contributed by atoms with Crippen LogP contribution in [0.15, 0.2) is 41.2 Å². The molecule has 0 saturated heterocycles. The van der Waals surface area contributed by atoms with Crippen molar-refractivity contribution < 1.29 is 5.11 Å². The summed E-state index contributed by atoms with van der Waals surface area (Å²) in [6.07, 6.45) is 0. The number of nitrogens with zero attached hydrogens (tertiary/aromatic N) is 2. The van der Waals surface area contributed by atoms with Crippen LogP contribution in [-0.4, -0.2) is 19.9 Å². The van der Waals surface area contributed by atoms with Crippen molar-refractivity contribution in [1.29, 1.82) is 0 Å². The minimum atomic E-state index is -0.285. The Bertz CT molecular complexity index is 788. The molecule has 0 atom stereocenters. The first-order valence-corrected chi connectivity index (χ1v) is 5.98. The Kier molecular flexibility index (Phi) is 2.68. The number of rotatable bonds is 2. The normalized spacial score (nSPS) is 11.1. The third-order valence-electron chi connectivity index (χ3n) is 3.12. The molecule has 0 spiro atoms. The Balaban J connectivity index is 2.34. The standard InChI is InChI=1S/C14H13N3O2/c1-9-12-7-10(8-18)14(19)15-13(12)17(16-9)11-5-3-2-4-6-11/h2-7,18H,8H2,1H3,(H,15,19). The second-order valence-corrected chi connectivity index (χ2v) is 4.38. The number of benzene rings is 1. The zero-order valence-electron chi connectivity index (χ0n) is 10.4. The third kappa shape index (κ3) is 1.84. The fourth-order valence-corrected chi connectivity index (χ4v) is 2.13. The molecular formula is C14H13N3O2. The highest BCUT2D eigenvalue weighted by Crippen LogP contribution is 2.19. The molecule has 5 nitrogen and oxygen atoms in total. The van der Waals surface area contributed by atoms with Gasteiger partial charge in [-0.25, -0.2) is 4.68 Å². The van der Waals surface area contributed by atoms with Gasteiger partial charge in [-0.1, -0.05) is 18.2 Å².